The van der Waals surface area contributed by atoms with E-state index in [0.717, 1.165) is 28.1 Å². The highest BCUT2D eigenvalue weighted by molar-refractivity contribution is 6.91. The maximum Gasteiger partial charge on any atom is 0.264 e. The van der Waals surface area contributed by atoms with Gasteiger partial charge >= 0.3 is 0 Å². The first-order chi connectivity index (χ1) is 30.0. The lowest BCUT2D eigenvalue weighted by Gasteiger charge is -2.37. The summed E-state index contributed by atoms with van der Waals surface area (Å²) in [5.74, 6) is 1.16. The molecule has 1 saturated heterocycles. The van der Waals surface area contributed by atoms with Gasteiger partial charge in [-0.25, -0.2) is 0 Å². The number of nitrogens with one attached hydrogen (secondary N) is 1. The number of benzene rings is 5. The maximum atomic E-state index is 15.5. The number of aliphatic hydroxyl groups is 1. The van der Waals surface area contributed by atoms with E-state index in [1.165, 1.54) is 5.19 Å². The van der Waals surface area contributed by atoms with Gasteiger partial charge in [-0.3, -0.25) is 14.3 Å². The molecule has 0 aliphatic carbocycles. The molecule has 2 aliphatic rings. The number of hydrogen-bond donors (Lipinski definition) is 2. The van der Waals surface area contributed by atoms with E-state index in [9.17, 15) is 9.90 Å². The molecule has 5 aromatic carbocycles. The van der Waals surface area contributed by atoms with Crippen LogP contribution in [-0.2, 0) is 28.2 Å². The average molecular weight is 852 g/mol. The standard InChI is InChI=1S/C49H53N5O7Si/c1-32-46(62(5,6)40-22-19-38(59-3)20-23-40)45(25-26-53-30-43(51-52-53)41(31-55)34-12-8-7-9-13-34)61-49(32)42-28-39(60-4)21-24-44(42)54(48(49)57)29-33-11-10-14-36(27-33)50-47(56)35-15-17-37(58-2)18-16-35/h7-24,27-28,30,32,41,45-46,55H,25-26,29,31H2,1-6H3,(H,50,56)/t32-,41?,45+,46-,49+/m1/s1. The number of nitrogens with zero attached hydrogens (tertiary/aromatic N) is 4. The largest absolute Gasteiger partial charge is 0.497 e. The number of carbonyl (C=O) groups is 2. The molecule has 1 aromatic heterocycles. The van der Waals surface area contributed by atoms with Crippen molar-refractivity contribution in [3.8, 4) is 17.2 Å². The Bertz CT molecular complexity index is 2530. The molecule has 0 saturated carbocycles. The van der Waals surface area contributed by atoms with Crippen molar-refractivity contribution < 1.29 is 33.6 Å². The summed E-state index contributed by atoms with van der Waals surface area (Å²) in [6.45, 7) is 7.55. The van der Waals surface area contributed by atoms with Gasteiger partial charge in [0, 0.05) is 35.5 Å². The predicted octanol–water partition coefficient (Wildman–Crippen LogP) is 7.53. The first kappa shape index (κ1) is 42.4. The number of hydrogen-bond acceptors (Lipinski definition) is 9. The number of amides is 2. The third-order valence-electron chi connectivity index (χ3n) is 12.9. The highest BCUT2D eigenvalue weighted by Gasteiger charge is 2.66. The van der Waals surface area contributed by atoms with Crippen LogP contribution >= 0.6 is 0 Å². The third-order valence-corrected chi connectivity index (χ3v) is 17.2. The second-order valence-electron chi connectivity index (χ2n) is 16.7. The zero-order chi connectivity index (χ0) is 43.6. The zero-order valence-electron chi connectivity index (χ0n) is 35.9. The first-order valence-corrected chi connectivity index (χ1v) is 24.0. The number of ether oxygens (including phenoxy) is 4. The molecule has 6 aromatic rings. The molecule has 3 heterocycles. The van der Waals surface area contributed by atoms with E-state index in [1.54, 1.807) is 45.6 Å². The van der Waals surface area contributed by atoms with Crippen LogP contribution in [0, 0.1) is 5.92 Å². The minimum Gasteiger partial charge on any atom is -0.497 e. The van der Waals surface area contributed by atoms with Gasteiger partial charge in [-0.1, -0.05) is 85.0 Å². The second-order valence-corrected chi connectivity index (χ2v) is 21.3. The molecule has 1 fully saturated rings. The summed E-state index contributed by atoms with van der Waals surface area (Å²) >= 11 is 0. The fourth-order valence-electron chi connectivity index (χ4n) is 9.62. The Morgan fingerprint density at radius 1 is 0.871 bits per heavy atom. The van der Waals surface area contributed by atoms with E-state index in [-0.39, 0.29) is 48.4 Å². The minimum atomic E-state index is -2.44. The van der Waals surface area contributed by atoms with Gasteiger partial charge < -0.3 is 34.3 Å². The van der Waals surface area contributed by atoms with Gasteiger partial charge in [-0.2, -0.15) is 0 Å². The molecule has 2 N–H and O–H groups in total. The first-order valence-electron chi connectivity index (χ1n) is 20.9. The molecule has 62 heavy (non-hydrogen) atoms. The van der Waals surface area contributed by atoms with E-state index in [4.69, 9.17) is 18.9 Å². The van der Waals surface area contributed by atoms with Crippen molar-refractivity contribution >= 4 is 36.4 Å². The average Bonchev–Trinajstić information content (AvgIpc) is 3.96. The van der Waals surface area contributed by atoms with Crippen LogP contribution < -0.4 is 29.6 Å². The molecule has 5 atom stereocenters. The number of methoxy groups -OCH3 is 3. The van der Waals surface area contributed by atoms with Crippen LogP contribution in [0.1, 0.15) is 52.0 Å². The molecular formula is C49H53N5O7Si. The number of aromatic nitrogens is 3. The topological polar surface area (TPSA) is 137 Å². The van der Waals surface area contributed by atoms with Crippen molar-refractivity contribution in [2.45, 2.75) is 62.7 Å². The zero-order valence-corrected chi connectivity index (χ0v) is 36.9. The summed E-state index contributed by atoms with van der Waals surface area (Å²) in [5.41, 5.74) is 3.83. The Morgan fingerprint density at radius 2 is 1.55 bits per heavy atom. The molecule has 12 nitrogen and oxygen atoms in total. The van der Waals surface area contributed by atoms with Gasteiger partial charge in [-0.15, -0.1) is 5.10 Å². The lowest BCUT2D eigenvalue weighted by Crippen LogP contribution is -2.51. The van der Waals surface area contributed by atoms with Crippen LogP contribution in [0.4, 0.5) is 11.4 Å². The summed E-state index contributed by atoms with van der Waals surface area (Å²) in [6.07, 6.45) is 2.15. The molecular weight excluding hydrogens is 799 g/mol. The van der Waals surface area contributed by atoms with Gasteiger partial charge in [0.05, 0.1) is 66.0 Å². The van der Waals surface area contributed by atoms with E-state index in [1.807, 2.05) is 101 Å². The third kappa shape index (κ3) is 7.87. The van der Waals surface area contributed by atoms with Crippen LogP contribution in [0.5, 0.6) is 17.2 Å². The highest BCUT2D eigenvalue weighted by Crippen LogP contribution is 2.60. The van der Waals surface area contributed by atoms with Crippen molar-refractivity contribution in [2.75, 3.05) is 38.2 Å². The SMILES string of the molecule is COc1ccc(C(=O)Nc2cccc(CN3C(=O)[C@@]4(O[C@@H](CCn5cc(C(CO)c6ccccc6)nn5)[C@H]([Si](C)(C)c5ccc(OC)cc5)[C@H]4C)c4cc(OC)ccc43)c2)cc1. The Balaban J connectivity index is 1.12. The predicted molar refractivity (Wildman–Crippen MR) is 241 cm³/mol. The van der Waals surface area contributed by atoms with Gasteiger partial charge in [0.2, 0.25) is 0 Å². The summed E-state index contributed by atoms with van der Waals surface area (Å²) in [6, 6.07) is 38.4. The van der Waals surface area contributed by atoms with Crippen molar-refractivity contribution in [3.63, 3.8) is 0 Å². The quantitative estimate of drug-likeness (QED) is 0.101. The fraction of sp³-hybridized carbons (Fsp3) is 0.306. The molecule has 0 bridgehead atoms. The molecule has 1 unspecified atom stereocenters. The van der Waals surface area contributed by atoms with Gasteiger partial charge in [-0.05, 0) is 89.8 Å². The Hall–Kier alpha value is -6.28. The van der Waals surface area contributed by atoms with Crippen molar-refractivity contribution in [2.24, 2.45) is 5.92 Å². The number of fused-ring (bicyclic) bond motifs is 2. The second kappa shape index (κ2) is 17.6. The van der Waals surface area contributed by atoms with Crippen LogP contribution in [0.3, 0.4) is 0 Å². The van der Waals surface area contributed by atoms with Crippen LogP contribution in [0.15, 0.2) is 128 Å². The number of carbonyl (C=O) groups excluding carboxylic acids is 2. The van der Waals surface area contributed by atoms with Crippen LogP contribution in [0.2, 0.25) is 18.6 Å². The maximum absolute atomic E-state index is 15.5. The van der Waals surface area contributed by atoms with E-state index in [2.05, 4.69) is 47.8 Å². The number of aryl methyl sites for hydroxylation is 1. The van der Waals surface area contributed by atoms with Crippen LogP contribution in [-0.4, -0.2) is 74.0 Å². The highest BCUT2D eigenvalue weighted by atomic mass is 28.3. The minimum absolute atomic E-state index is 0.00663. The van der Waals surface area contributed by atoms with E-state index >= 15 is 4.79 Å². The fourth-order valence-corrected chi connectivity index (χ4v) is 13.7. The van der Waals surface area contributed by atoms with Crippen LogP contribution in [0.25, 0.3) is 0 Å². The van der Waals surface area contributed by atoms with Gasteiger partial charge in [0.25, 0.3) is 11.8 Å². The van der Waals surface area contributed by atoms with Crippen molar-refractivity contribution in [3.05, 3.63) is 155 Å². The molecule has 8 rings (SSSR count). The number of anilines is 2. The molecule has 0 radical (unpaired) electrons. The molecule has 1 spiro atoms. The van der Waals surface area contributed by atoms with Crippen molar-refractivity contribution in [1.82, 2.24) is 15.0 Å². The van der Waals surface area contributed by atoms with E-state index < -0.39 is 13.7 Å². The lowest BCUT2D eigenvalue weighted by molar-refractivity contribution is -0.146. The monoisotopic (exact) mass is 851 g/mol. The summed E-state index contributed by atoms with van der Waals surface area (Å²) < 4.78 is 25.8. The smallest absolute Gasteiger partial charge is 0.264 e. The number of rotatable bonds is 15. The Kier molecular flexibility index (Phi) is 12.0. The lowest BCUT2D eigenvalue weighted by atomic mass is 9.82. The molecule has 2 amide bonds. The molecule has 13 heteroatoms. The Morgan fingerprint density at radius 3 is 2.23 bits per heavy atom. The van der Waals surface area contributed by atoms with Gasteiger partial charge in [0.15, 0.2) is 5.60 Å². The number of aliphatic hydroxyl groups excluding tert-OH is 1. The van der Waals surface area contributed by atoms with Gasteiger partial charge in [0.1, 0.15) is 17.2 Å². The summed E-state index contributed by atoms with van der Waals surface area (Å²) in [7, 11) is 2.45. The Labute approximate surface area is 363 Å². The van der Waals surface area contributed by atoms with E-state index in [0.29, 0.717) is 41.4 Å². The molecule has 2 aliphatic heterocycles. The summed E-state index contributed by atoms with van der Waals surface area (Å²) in [5, 5.41) is 23.6. The van der Waals surface area contributed by atoms with Crippen molar-refractivity contribution in [1.29, 1.82) is 0 Å². The molecule has 320 valence electrons. The summed E-state index contributed by atoms with van der Waals surface area (Å²) in [4.78, 5) is 30.5. The normalized spacial score (nSPS) is 20.0.